The lowest BCUT2D eigenvalue weighted by atomic mass is 10.1. The molecule has 0 aliphatic heterocycles. The third-order valence-electron chi connectivity index (χ3n) is 5.05. The van der Waals surface area contributed by atoms with E-state index in [1.807, 2.05) is 61.5 Å². The molecule has 0 fully saturated rings. The fourth-order valence-corrected chi connectivity index (χ4v) is 4.37. The normalized spacial score (nSPS) is 10.6. The molecule has 5 heteroatoms. The summed E-state index contributed by atoms with van der Waals surface area (Å²) in [6.45, 7) is 4.49. The largest absolute Gasteiger partial charge is 0.484 e. The summed E-state index contributed by atoms with van der Waals surface area (Å²) >= 11 is 1.62. The zero-order chi connectivity index (χ0) is 21.6. The van der Waals surface area contributed by atoms with E-state index >= 15 is 0 Å². The van der Waals surface area contributed by atoms with Gasteiger partial charge in [-0.15, -0.1) is 11.3 Å². The smallest absolute Gasteiger partial charge is 0.258 e. The average molecular weight is 429 g/mol. The number of nitrogens with one attached hydrogen (secondary N) is 1. The van der Waals surface area contributed by atoms with Gasteiger partial charge >= 0.3 is 0 Å². The number of hydrogen-bond acceptors (Lipinski definition) is 4. The second kappa shape index (κ2) is 9.58. The molecule has 0 radical (unpaired) electrons. The molecule has 4 nitrogen and oxygen atoms in total. The third-order valence-corrected chi connectivity index (χ3v) is 6.24. The Bertz CT molecular complexity index is 1170. The highest BCUT2D eigenvalue weighted by Gasteiger charge is 2.12. The molecule has 0 atom stereocenters. The Morgan fingerprint density at radius 3 is 2.32 bits per heavy atom. The van der Waals surface area contributed by atoms with Crippen LogP contribution in [0.3, 0.4) is 0 Å². The first-order valence-electron chi connectivity index (χ1n) is 10.2. The number of nitrogens with zero attached hydrogens (tertiary/aromatic N) is 1. The fraction of sp³-hybridized carbons (Fsp3) is 0.154. The van der Waals surface area contributed by atoms with Gasteiger partial charge in [0, 0.05) is 10.4 Å². The summed E-state index contributed by atoms with van der Waals surface area (Å²) in [5.74, 6) is 0.517. The Hall–Kier alpha value is -3.44. The molecule has 0 unspecified atom stereocenters. The van der Waals surface area contributed by atoms with Gasteiger partial charge in [0.1, 0.15) is 10.8 Å². The highest BCUT2D eigenvalue weighted by Crippen LogP contribution is 2.30. The van der Waals surface area contributed by atoms with Gasteiger partial charge in [0.25, 0.3) is 5.91 Å². The number of rotatable bonds is 7. The van der Waals surface area contributed by atoms with E-state index in [-0.39, 0.29) is 12.5 Å². The summed E-state index contributed by atoms with van der Waals surface area (Å²) in [6, 6.07) is 26.1. The lowest BCUT2D eigenvalue weighted by Gasteiger charge is -2.08. The maximum atomic E-state index is 12.3. The van der Waals surface area contributed by atoms with Crippen molar-refractivity contribution in [2.24, 2.45) is 0 Å². The van der Waals surface area contributed by atoms with Crippen LogP contribution >= 0.6 is 11.3 Å². The van der Waals surface area contributed by atoms with E-state index in [2.05, 4.69) is 41.5 Å². The first-order valence-corrected chi connectivity index (χ1v) is 11.0. The summed E-state index contributed by atoms with van der Waals surface area (Å²) in [4.78, 5) is 18.0. The Labute approximate surface area is 186 Å². The van der Waals surface area contributed by atoms with Gasteiger partial charge < -0.3 is 10.1 Å². The van der Waals surface area contributed by atoms with Gasteiger partial charge in [-0.1, -0.05) is 66.7 Å². The number of carbonyl (C=O) groups excluding carboxylic acids is 1. The summed E-state index contributed by atoms with van der Waals surface area (Å²) in [5, 5.41) is 3.91. The van der Waals surface area contributed by atoms with E-state index in [4.69, 9.17) is 4.74 Å². The molecule has 0 aliphatic carbocycles. The molecule has 31 heavy (non-hydrogen) atoms. The standard InChI is InChI=1S/C26H24N2O2S/c1-18-8-6-7-11-23(18)26-28-19(2)24(31-26)16-27-25(29)17-30-22-14-12-21(13-15-22)20-9-4-3-5-10-20/h3-15H,16-17H2,1-2H3,(H,27,29). The molecule has 1 aromatic heterocycles. The van der Waals surface area contributed by atoms with Crippen LogP contribution in [-0.2, 0) is 11.3 Å². The Kier molecular flexibility index (Phi) is 6.43. The lowest BCUT2D eigenvalue weighted by molar-refractivity contribution is -0.123. The zero-order valence-electron chi connectivity index (χ0n) is 17.6. The van der Waals surface area contributed by atoms with Gasteiger partial charge in [0.05, 0.1) is 12.2 Å². The number of hydrogen-bond donors (Lipinski definition) is 1. The monoisotopic (exact) mass is 428 g/mol. The molecule has 4 aromatic rings. The van der Waals surface area contributed by atoms with Crippen molar-refractivity contribution in [2.75, 3.05) is 6.61 Å². The van der Waals surface area contributed by atoms with Crippen LogP contribution in [0, 0.1) is 13.8 Å². The number of thiazole rings is 1. The molecule has 0 spiro atoms. The first-order chi connectivity index (χ1) is 15.1. The highest BCUT2D eigenvalue weighted by atomic mass is 32.1. The predicted octanol–water partition coefficient (Wildman–Crippen LogP) is 5.79. The van der Waals surface area contributed by atoms with E-state index in [9.17, 15) is 4.79 Å². The van der Waals surface area contributed by atoms with Crippen LogP contribution in [0.25, 0.3) is 21.7 Å². The van der Waals surface area contributed by atoms with Crippen LogP contribution in [0.4, 0.5) is 0 Å². The second-order valence-corrected chi connectivity index (χ2v) is 8.38. The third kappa shape index (κ3) is 5.19. The molecule has 0 bridgehead atoms. The molecule has 0 saturated carbocycles. The minimum absolute atomic E-state index is 0.0206. The molecular weight excluding hydrogens is 404 g/mol. The van der Waals surface area contributed by atoms with E-state index in [0.29, 0.717) is 12.3 Å². The zero-order valence-corrected chi connectivity index (χ0v) is 18.4. The predicted molar refractivity (Wildman–Crippen MR) is 126 cm³/mol. The minimum atomic E-state index is -0.155. The average Bonchev–Trinajstić information content (AvgIpc) is 3.17. The van der Waals surface area contributed by atoms with Gasteiger partial charge in [-0.25, -0.2) is 4.98 Å². The molecule has 0 saturated heterocycles. The molecule has 1 heterocycles. The number of amides is 1. The number of benzene rings is 3. The minimum Gasteiger partial charge on any atom is -0.484 e. The van der Waals surface area contributed by atoms with Gasteiger partial charge in [0.15, 0.2) is 6.61 Å². The van der Waals surface area contributed by atoms with Crippen molar-refractivity contribution < 1.29 is 9.53 Å². The van der Waals surface area contributed by atoms with Gasteiger partial charge in [-0.3, -0.25) is 4.79 Å². The Balaban J connectivity index is 1.30. The van der Waals surface area contributed by atoms with Crippen LogP contribution in [0.1, 0.15) is 16.1 Å². The molecular formula is C26H24N2O2S. The van der Waals surface area contributed by atoms with Crippen molar-refractivity contribution in [3.8, 4) is 27.4 Å². The highest BCUT2D eigenvalue weighted by molar-refractivity contribution is 7.15. The molecule has 156 valence electrons. The summed E-state index contributed by atoms with van der Waals surface area (Å²) in [5.41, 5.74) is 5.54. The summed E-state index contributed by atoms with van der Waals surface area (Å²) in [7, 11) is 0. The number of ether oxygens (including phenoxy) is 1. The molecule has 4 rings (SSSR count). The van der Waals surface area contributed by atoms with Crippen molar-refractivity contribution in [1.82, 2.24) is 10.3 Å². The van der Waals surface area contributed by atoms with Gasteiger partial charge in [0.2, 0.25) is 0 Å². The van der Waals surface area contributed by atoms with Gasteiger partial charge in [-0.2, -0.15) is 0 Å². The SMILES string of the molecule is Cc1ccccc1-c1nc(C)c(CNC(=O)COc2ccc(-c3ccccc3)cc2)s1. The van der Waals surface area contributed by atoms with Gasteiger partial charge in [-0.05, 0) is 42.7 Å². The summed E-state index contributed by atoms with van der Waals surface area (Å²) < 4.78 is 5.64. The quantitative estimate of drug-likeness (QED) is 0.405. The second-order valence-electron chi connectivity index (χ2n) is 7.30. The number of aromatic nitrogens is 1. The number of aryl methyl sites for hydroxylation is 2. The van der Waals surface area contributed by atoms with E-state index in [1.165, 1.54) is 5.56 Å². The molecule has 3 aromatic carbocycles. The lowest BCUT2D eigenvalue weighted by Crippen LogP contribution is -2.28. The number of carbonyl (C=O) groups is 1. The van der Waals surface area contributed by atoms with Crippen molar-refractivity contribution in [1.29, 1.82) is 0 Å². The van der Waals surface area contributed by atoms with Crippen LogP contribution in [0.15, 0.2) is 78.9 Å². The fourth-order valence-electron chi connectivity index (χ4n) is 3.27. The molecule has 0 aliphatic rings. The van der Waals surface area contributed by atoms with E-state index < -0.39 is 0 Å². The van der Waals surface area contributed by atoms with Crippen LogP contribution < -0.4 is 10.1 Å². The maximum absolute atomic E-state index is 12.3. The van der Waals surface area contributed by atoms with Crippen LogP contribution in [0.5, 0.6) is 5.75 Å². The van der Waals surface area contributed by atoms with E-state index in [0.717, 1.165) is 32.3 Å². The first kappa shape index (κ1) is 20.8. The van der Waals surface area contributed by atoms with Crippen molar-refractivity contribution in [2.45, 2.75) is 20.4 Å². The van der Waals surface area contributed by atoms with Crippen molar-refractivity contribution >= 4 is 17.2 Å². The van der Waals surface area contributed by atoms with E-state index in [1.54, 1.807) is 11.3 Å². The Morgan fingerprint density at radius 1 is 0.903 bits per heavy atom. The topological polar surface area (TPSA) is 51.2 Å². The maximum Gasteiger partial charge on any atom is 0.258 e. The van der Waals surface area contributed by atoms with Crippen molar-refractivity contribution in [3.05, 3.63) is 95.0 Å². The van der Waals surface area contributed by atoms with Crippen LogP contribution in [-0.4, -0.2) is 17.5 Å². The molecule has 1 N–H and O–H groups in total. The van der Waals surface area contributed by atoms with Crippen molar-refractivity contribution in [3.63, 3.8) is 0 Å². The summed E-state index contributed by atoms with van der Waals surface area (Å²) in [6.07, 6.45) is 0. The van der Waals surface area contributed by atoms with Crippen LogP contribution in [0.2, 0.25) is 0 Å². The molecule has 1 amide bonds. The Morgan fingerprint density at radius 2 is 1.58 bits per heavy atom.